The number of aromatic nitrogens is 2. The van der Waals surface area contributed by atoms with Gasteiger partial charge in [-0.2, -0.15) is 16.1 Å². The average Bonchev–Trinajstić information content (AvgIpc) is 2.79. The van der Waals surface area contributed by atoms with Crippen molar-refractivity contribution in [3.8, 4) is 0 Å². The monoisotopic (exact) mass is 273 g/mol. The summed E-state index contributed by atoms with van der Waals surface area (Å²) in [5.74, 6) is 3.76. The van der Waals surface area contributed by atoms with E-state index in [9.17, 15) is 0 Å². The van der Waals surface area contributed by atoms with Crippen LogP contribution >= 0.6 is 23.3 Å². The Hall–Kier alpha value is -0.330. The highest BCUT2D eigenvalue weighted by molar-refractivity contribution is 7.98. The minimum Gasteiger partial charge on any atom is -0.381 e. The Balaban J connectivity index is 1.70. The van der Waals surface area contributed by atoms with Gasteiger partial charge < -0.3 is 9.64 Å². The lowest BCUT2D eigenvalue weighted by Crippen LogP contribution is -2.19. The Labute approximate surface area is 111 Å². The highest BCUT2D eigenvalue weighted by Gasteiger charge is 2.14. The molecule has 2 rings (SSSR count). The molecule has 0 saturated carbocycles. The third-order valence-corrected chi connectivity index (χ3v) is 4.77. The number of ether oxygens (including phenoxy) is 1. The van der Waals surface area contributed by atoms with Gasteiger partial charge in [0.1, 0.15) is 0 Å². The van der Waals surface area contributed by atoms with Crippen molar-refractivity contribution in [2.45, 2.75) is 18.6 Å². The largest absolute Gasteiger partial charge is 0.381 e. The van der Waals surface area contributed by atoms with E-state index in [0.29, 0.717) is 0 Å². The van der Waals surface area contributed by atoms with Crippen LogP contribution in [0, 0.1) is 5.92 Å². The molecule has 4 nitrogen and oxygen atoms in total. The van der Waals surface area contributed by atoms with Crippen molar-refractivity contribution in [1.29, 1.82) is 0 Å². The van der Waals surface area contributed by atoms with Gasteiger partial charge in [-0.05, 0) is 24.5 Å². The molecule has 1 atom stereocenters. The van der Waals surface area contributed by atoms with Crippen LogP contribution in [0.2, 0.25) is 0 Å². The van der Waals surface area contributed by atoms with Gasteiger partial charge >= 0.3 is 0 Å². The lowest BCUT2D eigenvalue weighted by molar-refractivity contribution is 0.0632. The Morgan fingerprint density at radius 3 is 3.06 bits per heavy atom. The molecule has 1 saturated heterocycles. The Morgan fingerprint density at radius 2 is 2.41 bits per heavy atom. The van der Waals surface area contributed by atoms with Crippen LogP contribution in [0.1, 0.15) is 18.7 Å². The molecule has 0 aliphatic carbocycles. The molecular formula is C11H19N3OS2. The van der Waals surface area contributed by atoms with E-state index in [1.807, 2.05) is 30.8 Å². The predicted molar refractivity (Wildman–Crippen MR) is 73.9 cm³/mol. The standard InChI is InChI=1S/C11H19N3OS2/c1-14(2)11-12-10(13-17-11)8-16-7-9-4-3-5-15-6-9/h9H,3-8H2,1-2H3/t9-/m0/s1. The molecule has 96 valence electrons. The lowest BCUT2D eigenvalue weighted by atomic mass is 10.1. The van der Waals surface area contributed by atoms with E-state index in [0.717, 1.165) is 41.6 Å². The molecule has 0 amide bonds. The zero-order valence-corrected chi connectivity index (χ0v) is 12.0. The van der Waals surface area contributed by atoms with Crippen LogP contribution in [0.15, 0.2) is 0 Å². The van der Waals surface area contributed by atoms with Crippen LogP contribution in [-0.4, -0.2) is 42.4 Å². The smallest absolute Gasteiger partial charge is 0.204 e. The average molecular weight is 273 g/mol. The molecule has 0 unspecified atom stereocenters. The SMILES string of the molecule is CN(C)c1nc(CSC[C@H]2CCCOC2)ns1. The summed E-state index contributed by atoms with van der Waals surface area (Å²) in [7, 11) is 3.99. The molecule has 0 radical (unpaired) electrons. The predicted octanol–water partition coefficient (Wildman–Crippen LogP) is 2.26. The quantitative estimate of drug-likeness (QED) is 0.823. The maximum atomic E-state index is 5.47. The minimum absolute atomic E-state index is 0.723. The van der Waals surface area contributed by atoms with Gasteiger partial charge in [0.15, 0.2) is 5.82 Å². The first-order valence-corrected chi connectivity index (χ1v) is 7.84. The summed E-state index contributed by atoms with van der Waals surface area (Å²) in [6.45, 7) is 1.88. The third kappa shape index (κ3) is 4.12. The summed E-state index contributed by atoms with van der Waals surface area (Å²) in [6, 6.07) is 0. The Kier molecular flexibility index (Phi) is 5.06. The first kappa shape index (κ1) is 13.1. The second-order valence-electron chi connectivity index (χ2n) is 4.49. The minimum atomic E-state index is 0.723. The van der Waals surface area contributed by atoms with Crippen molar-refractivity contribution in [2.24, 2.45) is 5.92 Å². The number of hydrogen-bond acceptors (Lipinski definition) is 6. The lowest BCUT2D eigenvalue weighted by Gasteiger charge is -2.21. The maximum absolute atomic E-state index is 5.47. The fraction of sp³-hybridized carbons (Fsp3) is 0.818. The molecule has 1 aliphatic rings. The van der Waals surface area contributed by atoms with Crippen molar-refractivity contribution in [2.75, 3.05) is 38.0 Å². The van der Waals surface area contributed by atoms with Gasteiger partial charge in [0.05, 0.1) is 12.4 Å². The van der Waals surface area contributed by atoms with Gasteiger partial charge in [-0.15, -0.1) is 0 Å². The molecular weight excluding hydrogens is 254 g/mol. The van der Waals surface area contributed by atoms with E-state index in [1.165, 1.54) is 24.4 Å². The van der Waals surface area contributed by atoms with E-state index < -0.39 is 0 Å². The number of anilines is 1. The van der Waals surface area contributed by atoms with Gasteiger partial charge in [-0.3, -0.25) is 0 Å². The molecule has 2 heterocycles. The number of nitrogens with zero attached hydrogens (tertiary/aromatic N) is 3. The van der Waals surface area contributed by atoms with Crippen molar-refractivity contribution in [3.63, 3.8) is 0 Å². The van der Waals surface area contributed by atoms with Crippen LogP contribution in [0.4, 0.5) is 5.13 Å². The molecule has 0 N–H and O–H groups in total. The van der Waals surface area contributed by atoms with Crippen LogP contribution in [-0.2, 0) is 10.5 Å². The molecule has 1 aromatic heterocycles. The molecule has 0 bridgehead atoms. The molecule has 0 spiro atoms. The van der Waals surface area contributed by atoms with E-state index in [1.54, 1.807) is 0 Å². The summed E-state index contributed by atoms with van der Waals surface area (Å²) in [5.41, 5.74) is 0. The van der Waals surface area contributed by atoms with Gasteiger partial charge in [0.25, 0.3) is 0 Å². The Bertz CT molecular complexity index is 337. The van der Waals surface area contributed by atoms with Gasteiger partial charge in [0, 0.05) is 32.2 Å². The Morgan fingerprint density at radius 1 is 1.53 bits per heavy atom. The summed E-state index contributed by atoms with van der Waals surface area (Å²) < 4.78 is 9.83. The summed E-state index contributed by atoms with van der Waals surface area (Å²) >= 11 is 3.39. The van der Waals surface area contributed by atoms with E-state index in [-0.39, 0.29) is 0 Å². The van der Waals surface area contributed by atoms with E-state index >= 15 is 0 Å². The third-order valence-electron chi connectivity index (χ3n) is 2.68. The molecule has 0 aromatic carbocycles. The topological polar surface area (TPSA) is 38.2 Å². The second kappa shape index (κ2) is 6.56. The zero-order valence-electron chi connectivity index (χ0n) is 10.4. The van der Waals surface area contributed by atoms with Crippen molar-refractivity contribution < 1.29 is 4.74 Å². The summed E-state index contributed by atoms with van der Waals surface area (Å²) in [4.78, 5) is 6.47. The molecule has 1 fully saturated rings. The van der Waals surface area contributed by atoms with E-state index in [4.69, 9.17) is 4.74 Å². The first-order valence-electron chi connectivity index (χ1n) is 5.91. The fourth-order valence-electron chi connectivity index (χ4n) is 1.74. The van der Waals surface area contributed by atoms with Crippen molar-refractivity contribution in [1.82, 2.24) is 9.36 Å². The normalized spacial score (nSPS) is 20.5. The number of rotatable bonds is 5. The van der Waals surface area contributed by atoms with Gasteiger partial charge in [-0.25, -0.2) is 4.98 Å². The molecule has 1 aliphatic heterocycles. The highest BCUT2D eigenvalue weighted by Crippen LogP contribution is 2.22. The summed E-state index contributed by atoms with van der Waals surface area (Å²) in [5, 5.41) is 0.988. The molecule has 1 aromatic rings. The van der Waals surface area contributed by atoms with Crippen LogP contribution in [0.25, 0.3) is 0 Å². The number of hydrogen-bond donors (Lipinski definition) is 0. The van der Waals surface area contributed by atoms with Gasteiger partial charge in [-0.1, -0.05) is 0 Å². The molecule has 6 heteroatoms. The highest BCUT2D eigenvalue weighted by atomic mass is 32.2. The van der Waals surface area contributed by atoms with Crippen LogP contribution in [0.5, 0.6) is 0 Å². The van der Waals surface area contributed by atoms with E-state index in [2.05, 4.69) is 9.36 Å². The number of thioether (sulfide) groups is 1. The fourth-order valence-corrected chi connectivity index (χ4v) is 3.45. The van der Waals surface area contributed by atoms with Crippen molar-refractivity contribution >= 4 is 28.4 Å². The maximum Gasteiger partial charge on any atom is 0.204 e. The molecule has 17 heavy (non-hydrogen) atoms. The first-order chi connectivity index (χ1) is 8.25. The zero-order chi connectivity index (χ0) is 12.1. The van der Waals surface area contributed by atoms with Crippen LogP contribution < -0.4 is 4.90 Å². The van der Waals surface area contributed by atoms with Crippen LogP contribution in [0.3, 0.4) is 0 Å². The van der Waals surface area contributed by atoms with Crippen molar-refractivity contribution in [3.05, 3.63) is 5.82 Å². The van der Waals surface area contributed by atoms with Gasteiger partial charge in [0.2, 0.25) is 5.13 Å². The second-order valence-corrected chi connectivity index (χ2v) is 6.25. The summed E-state index contributed by atoms with van der Waals surface area (Å²) in [6.07, 6.45) is 2.52.